The fourth-order valence-electron chi connectivity index (χ4n) is 2.75. The van der Waals surface area contributed by atoms with Gasteiger partial charge in [0.15, 0.2) is 0 Å². The van der Waals surface area contributed by atoms with E-state index in [9.17, 15) is 9.59 Å². The molecular formula is C13H23N3O2. The van der Waals surface area contributed by atoms with Crippen LogP contribution in [0.2, 0.25) is 0 Å². The van der Waals surface area contributed by atoms with Gasteiger partial charge in [-0.3, -0.25) is 9.59 Å². The molecule has 0 saturated carbocycles. The molecule has 18 heavy (non-hydrogen) atoms. The third-order valence-electron chi connectivity index (χ3n) is 4.15. The van der Waals surface area contributed by atoms with Crippen molar-refractivity contribution in [2.24, 2.45) is 5.92 Å². The van der Waals surface area contributed by atoms with Gasteiger partial charge in [0, 0.05) is 6.54 Å². The largest absolute Gasteiger partial charge is 0.343 e. The third-order valence-corrected chi connectivity index (χ3v) is 4.15. The molecule has 0 spiro atoms. The Kier molecular flexibility index (Phi) is 3.90. The van der Waals surface area contributed by atoms with Crippen LogP contribution in [0, 0.1) is 5.92 Å². The molecule has 5 heteroatoms. The molecule has 2 fully saturated rings. The Morgan fingerprint density at radius 1 is 1.22 bits per heavy atom. The van der Waals surface area contributed by atoms with Crippen molar-refractivity contribution < 1.29 is 9.59 Å². The highest BCUT2D eigenvalue weighted by molar-refractivity contribution is 5.96. The van der Waals surface area contributed by atoms with E-state index in [0.717, 1.165) is 32.5 Å². The van der Waals surface area contributed by atoms with Gasteiger partial charge in [0.05, 0.1) is 0 Å². The van der Waals surface area contributed by atoms with Crippen LogP contribution >= 0.6 is 0 Å². The number of amides is 2. The highest BCUT2D eigenvalue weighted by Crippen LogP contribution is 2.20. The summed E-state index contributed by atoms with van der Waals surface area (Å²) in [4.78, 5) is 27.9. The van der Waals surface area contributed by atoms with Gasteiger partial charge >= 0.3 is 0 Å². The third kappa shape index (κ3) is 2.66. The molecule has 2 saturated heterocycles. The van der Waals surface area contributed by atoms with Crippen LogP contribution in [0.1, 0.15) is 26.7 Å². The van der Waals surface area contributed by atoms with Crippen LogP contribution in [-0.4, -0.2) is 60.4 Å². The normalized spacial score (nSPS) is 31.6. The number of likely N-dealkylation sites (tertiary alicyclic amines) is 1. The van der Waals surface area contributed by atoms with Crippen LogP contribution in [0.25, 0.3) is 0 Å². The van der Waals surface area contributed by atoms with Crippen molar-refractivity contribution in [3.63, 3.8) is 0 Å². The monoisotopic (exact) mass is 253 g/mol. The topological polar surface area (TPSA) is 52.7 Å². The average molecular weight is 253 g/mol. The first-order valence-electron chi connectivity index (χ1n) is 6.78. The van der Waals surface area contributed by atoms with E-state index in [1.165, 1.54) is 0 Å². The van der Waals surface area contributed by atoms with Gasteiger partial charge in [-0.15, -0.1) is 0 Å². The summed E-state index contributed by atoms with van der Waals surface area (Å²) in [5.74, 6) is 0.557. The maximum absolute atomic E-state index is 12.1. The van der Waals surface area contributed by atoms with E-state index in [4.69, 9.17) is 0 Å². The maximum Gasteiger partial charge on any atom is 0.245 e. The van der Waals surface area contributed by atoms with E-state index >= 15 is 0 Å². The van der Waals surface area contributed by atoms with Crippen molar-refractivity contribution in [3.05, 3.63) is 0 Å². The Morgan fingerprint density at radius 2 is 1.83 bits per heavy atom. The molecule has 102 valence electrons. The van der Waals surface area contributed by atoms with E-state index in [2.05, 4.69) is 17.3 Å². The lowest BCUT2D eigenvalue weighted by Gasteiger charge is -2.39. The number of rotatable bonds is 2. The Morgan fingerprint density at radius 3 is 2.44 bits per heavy atom. The van der Waals surface area contributed by atoms with Crippen molar-refractivity contribution in [2.75, 3.05) is 26.7 Å². The van der Waals surface area contributed by atoms with Crippen molar-refractivity contribution in [1.82, 2.24) is 15.1 Å². The second-order valence-corrected chi connectivity index (χ2v) is 5.64. The Balaban J connectivity index is 1.97. The lowest BCUT2D eigenvalue weighted by Crippen LogP contribution is -2.62. The van der Waals surface area contributed by atoms with Crippen LogP contribution in [0.15, 0.2) is 0 Å². The van der Waals surface area contributed by atoms with Gasteiger partial charge < -0.3 is 15.1 Å². The average Bonchev–Trinajstić information content (AvgIpc) is 2.34. The van der Waals surface area contributed by atoms with Gasteiger partial charge in [0.2, 0.25) is 11.8 Å². The number of nitrogens with one attached hydrogen (secondary N) is 1. The molecule has 2 unspecified atom stereocenters. The van der Waals surface area contributed by atoms with Crippen LogP contribution in [-0.2, 0) is 9.59 Å². The zero-order valence-corrected chi connectivity index (χ0v) is 11.5. The van der Waals surface area contributed by atoms with Gasteiger partial charge in [0.25, 0.3) is 0 Å². The summed E-state index contributed by atoms with van der Waals surface area (Å²) in [6.45, 7) is 6.47. The lowest BCUT2D eigenvalue weighted by molar-refractivity contribution is -0.149. The van der Waals surface area contributed by atoms with E-state index in [1.807, 2.05) is 6.92 Å². The molecule has 0 aromatic carbocycles. The van der Waals surface area contributed by atoms with Gasteiger partial charge in [-0.1, -0.05) is 0 Å². The molecule has 2 aliphatic rings. The van der Waals surface area contributed by atoms with E-state index in [1.54, 1.807) is 11.8 Å². The van der Waals surface area contributed by atoms with E-state index in [-0.39, 0.29) is 23.9 Å². The number of carbonyl (C=O) groups is 2. The molecule has 2 rings (SSSR count). The molecule has 5 nitrogen and oxygen atoms in total. The number of piperazine rings is 1. The summed E-state index contributed by atoms with van der Waals surface area (Å²) < 4.78 is 0. The molecule has 1 N–H and O–H groups in total. The molecule has 2 atom stereocenters. The van der Waals surface area contributed by atoms with Crippen LogP contribution in [0.3, 0.4) is 0 Å². The maximum atomic E-state index is 12.1. The molecule has 0 bridgehead atoms. The van der Waals surface area contributed by atoms with Crippen molar-refractivity contribution >= 4 is 11.8 Å². The molecular weight excluding hydrogens is 230 g/mol. The number of nitrogens with zero attached hydrogens (tertiary/aromatic N) is 2. The quantitative estimate of drug-likeness (QED) is 0.757. The van der Waals surface area contributed by atoms with E-state index < -0.39 is 0 Å². The van der Waals surface area contributed by atoms with Crippen molar-refractivity contribution in [2.45, 2.75) is 38.8 Å². The molecule has 2 amide bonds. The predicted octanol–water partition coefficient (Wildman–Crippen LogP) is 0.0636. The van der Waals surface area contributed by atoms with Gasteiger partial charge in [-0.2, -0.15) is 0 Å². The fraction of sp³-hybridized carbons (Fsp3) is 0.846. The summed E-state index contributed by atoms with van der Waals surface area (Å²) in [7, 11) is 2.13. The zero-order valence-electron chi connectivity index (χ0n) is 11.5. The van der Waals surface area contributed by atoms with Crippen molar-refractivity contribution in [1.29, 1.82) is 0 Å². The summed E-state index contributed by atoms with van der Waals surface area (Å²) >= 11 is 0. The minimum Gasteiger partial charge on any atom is -0.343 e. The Hall–Kier alpha value is -1.10. The van der Waals surface area contributed by atoms with Gasteiger partial charge in [-0.25, -0.2) is 0 Å². The first-order valence-corrected chi connectivity index (χ1v) is 6.78. The SMILES string of the molecule is CC1NC(=O)C(C)N(CC2CCN(C)CC2)C1=O. The van der Waals surface area contributed by atoms with Crippen LogP contribution < -0.4 is 5.32 Å². The minimum absolute atomic E-state index is 0.0324. The van der Waals surface area contributed by atoms with Gasteiger partial charge in [-0.05, 0) is 52.7 Å². The fourth-order valence-corrected chi connectivity index (χ4v) is 2.75. The number of hydrogen-bond donors (Lipinski definition) is 1. The molecule has 0 aromatic rings. The number of piperidine rings is 1. The summed E-state index contributed by atoms with van der Waals surface area (Å²) in [5.41, 5.74) is 0. The summed E-state index contributed by atoms with van der Waals surface area (Å²) in [6.07, 6.45) is 2.23. The number of carbonyl (C=O) groups excluding carboxylic acids is 2. The van der Waals surface area contributed by atoms with Crippen LogP contribution in [0.5, 0.6) is 0 Å². The minimum atomic E-state index is -0.375. The number of hydrogen-bond acceptors (Lipinski definition) is 3. The molecule has 0 radical (unpaired) electrons. The first-order chi connectivity index (χ1) is 8.49. The molecule has 0 aromatic heterocycles. The first kappa shape index (κ1) is 13.3. The second kappa shape index (κ2) is 5.26. The Bertz CT molecular complexity index is 337. The predicted molar refractivity (Wildman–Crippen MR) is 69.0 cm³/mol. The zero-order chi connectivity index (χ0) is 13.3. The highest BCUT2D eigenvalue weighted by Gasteiger charge is 2.36. The smallest absolute Gasteiger partial charge is 0.245 e. The molecule has 0 aliphatic carbocycles. The standard InChI is InChI=1S/C13H23N3O2/c1-9-13(18)16(10(2)12(17)14-9)8-11-4-6-15(3)7-5-11/h9-11H,4-8H2,1-3H3,(H,14,17). The Labute approximate surface area is 108 Å². The second-order valence-electron chi connectivity index (χ2n) is 5.64. The molecule has 2 heterocycles. The summed E-state index contributed by atoms with van der Waals surface area (Å²) in [6, 6.07) is -0.701. The van der Waals surface area contributed by atoms with Crippen LogP contribution in [0.4, 0.5) is 0 Å². The molecule has 2 aliphatic heterocycles. The van der Waals surface area contributed by atoms with Gasteiger partial charge in [0.1, 0.15) is 12.1 Å². The van der Waals surface area contributed by atoms with E-state index in [0.29, 0.717) is 5.92 Å². The lowest BCUT2D eigenvalue weighted by atomic mass is 9.95. The van der Waals surface area contributed by atoms with Crippen molar-refractivity contribution in [3.8, 4) is 0 Å². The highest BCUT2D eigenvalue weighted by atomic mass is 16.2. The summed E-state index contributed by atoms with van der Waals surface area (Å²) in [5, 5.41) is 2.71.